The van der Waals surface area contributed by atoms with Gasteiger partial charge in [0.25, 0.3) is 0 Å². The first-order chi connectivity index (χ1) is 9.29. The molecule has 9 heteroatoms. The average Bonchev–Trinajstić information content (AvgIpc) is 2.35. The molecule has 7 nitrogen and oxygen atoms in total. The smallest absolute Gasteiger partial charge is 0.330 e. The molecule has 0 fully saturated rings. The van der Waals surface area contributed by atoms with Gasteiger partial charge in [0.05, 0.1) is 11.5 Å². The topological polar surface area (TPSA) is 116 Å². The van der Waals surface area contributed by atoms with Crippen molar-refractivity contribution in [2.75, 3.05) is 6.61 Å². The van der Waals surface area contributed by atoms with Gasteiger partial charge in [-0.05, 0) is 28.9 Å². The normalized spacial score (nSPS) is 12.0. The highest BCUT2D eigenvalue weighted by Crippen LogP contribution is 2.42. The van der Waals surface area contributed by atoms with Crippen LogP contribution in [0.1, 0.15) is 12.5 Å². The fraction of sp³-hybridized carbons (Fsp3) is 0.364. The number of hydrogen-bond donors (Lipinski definition) is 2. The van der Waals surface area contributed by atoms with Crippen LogP contribution in [0.15, 0.2) is 10.5 Å². The Morgan fingerprint density at radius 2 is 2.30 bits per heavy atom. The molecule has 0 aromatic heterocycles. The van der Waals surface area contributed by atoms with Gasteiger partial charge in [-0.3, -0.25) is 14.9 Å². The van der Waals surface area contributed by atoms with Crippen LogP contribution < -0.4 is 5.73 Å². The maximum absolute atomic E-state index is 11.4. The Bertz CT molecular complexity index is 552. The van der Waals surface area contributed by atoms with Crippen LogP contribution in [0.2, 0.25) is 5.02 Å². The van der Waals surface area contributed by atoms with Crippen molar-refractivity contribution in [2.24, 2.45) is 5.73 Å². The number of carbonyl (C=O) groups is 1. The molecule has 0 aliphatic carbocycles. The summed E-state index contributed by atoms with van der Waals surface area (Å²) < 4.78 is 4.96. The quantitative estimate of drug-likeness (QED) is 0.468. The number of rotatable bonds is 5. The van der Waals surface area contributed by atoms with Crippen molar-refractivity contribution in [2.45, 2.75) is 19.4 Å². The number of phenolic OH excluding ortho intramolecular Hbond substituents is 1. The number of nitro benzene ring substituents is 1. The number of aromatic hydroxyl groups is 1. The van der Waals surface area contributed by atoms with E-state index in [4.69, 9.17) is 22.1 Å². The van der Waals surface area contributed by atoms with E-state index in [1.54, 1.807) is 6.92 Å². The zero-order valence-electron chi connectivity index (χ0n) is 10.4. The number of ether oxygens (including phenoxy) is 1. The molecule has 0 heterocycles. The van der Waals surface area contributed by atoms with Gasteiger partial charge in [0.2, 0.25) is 0 Å². The molecular formula is C11H12BrClN2O5. The van der Waals surface area contributed by atoms with Gasteiger partial charge in [-0.1, -0.05) is 11.6 Å². The second-order valence-electron chi connectivity index (χ2n) is 3.85. The zero-order valence-corrected chi connectivity index (χ0v) is 12.8. The lowest BCUT2D eigenvalue weighted by Gasteiger charge is -2.12. The van der Waals surface area contributed by atoms with Gasteiger partial charge in [-0.25, -0.2) is 0 Å². The largest absolute Gasteiger partial charge is 0.502 e. The average molecular weight is 368 g/mol. The summed E-state index contributed by atoms with van der Waals surface area (Å²) in [6.07, 6.45) is -0.110. The van der Waals surface area contributed by atoms with Crippen LogP contribution in [0.3, 0.4) is 0 Å². The number of halogens is 2. The Hall–Kier alpha value is -1.38. The molecule has 20 heavy (non-hydrogen) atoms. The van der Waals surface area contributed by atoms with Crippen molar-refractivity contribution < 1.29 is 19.6 Å². The maximum atomic E-state index is 11.4. The standard InChI is InChI=1S/C11H12BrClN2O5/c1-2-20-11(17)7(14)4-5-3-6(12)8(13)9(10(5)16)15(18)19/h3,7,16H,2,4,14H2,1H3. The summed E-state index contributed by atoms with van der Waals surface area (Å²) >= 11 is 8.80. The minimum absolute atomic E-state index is 0.110. The Balaban J connectivity index is 3.14. The molecule has 0 radical (unpaired) electrons. The van der Waals surface area contributed by atoms with Gasteiger partial charge < -0.3 is 15.6 Å². The molecule has 3 N–H and O–H groups in total. The van der Waals surface area contributed by atoms with Crippen molar-refractivity contribution in [3.8, 4) is 5.75 Å². The highest BCUT2D eigenvalue weighted by molar-refractivity contribution is 9.10. The molecule has 0 saturated carbocycles. The third-order valence-electron chi connectivity index (χ3n) is 2.46. The van der Waals surface area contributed by atoms with E-state index in [1.807, 2.05) is 0 Å². The first-order valence-electron chi connectivity index (χ1n) is 5.56. The van der Waals surface area contributed by atoms with Gasteiger partial charge in [0.1, 0.15) is 11.1 Å². The summed E-state index contributed by atoms with van der Waals surface area (Å²) in [5.74, 6) is -1.26. The fourth-order valence-electron chi connectivity index (χ4n) is 1.55. The van der Waals surface area contributed by atoms with Gasteiger partial charge in [-0.15, -0.1) is 0 Å². The van der Waals surface area contributed by atoms with Gasteiger partial charge >= 0.3 is 11.7 Å². The summed E-state index contributed by atoms with van der Waals surface area (Å²) in [6.45, 7) is 1.80. The lowest BCUT2D eigenvalue weighted by molar-refractivity contribution is -0.385. The van der Waals surface area contributed by atoms with E-state index in [-0.39, 0.29) is 28.1 Å². The van der Waals surface area contributed by atoms with Gasteiger partial charge in [-0.2, -0.15) is 0 Å². The van der Waals surface area contributed by atoms with Crippen LogP contribution in [-0.2, 0) is 16.0 Å². The lowest BCUT2D eigenvalue weighted by atomic mass is 10.0. The molecule has 0 bridgehead atoms. The van der Waals surface area contributed by atoms with Crippen molar-refractivity contribution in [3.05, 3.63) is 31.2 Å². The monoisotopic (exact) mass is 366 g/mol. The van der Waals surface area contributed by atoms with Crippen molar-refractivity contribution >= 4 is 39.2 Å². The number of phenols is 1. The number of nitrogens with two attached hydrogens (primary N) is 1. The number of benzene rings is 1. The van der Waals surface area contributed by atoms with E-state index in [9.17, 15) is 20.0 Å². The van der Waals surface area contributed by atoms with E-state index >= 15 is 0 Å². The number of nitro groups is 1. The second-order valence-corrected chi connectivity index (χ2v) is 5.08. The highest BCUT2D eigenvalue weighted by atomic mass is 79.9. The SMILES string of the molecule is CCOC(=O)C(N)Cc1cc(Br)c(Cl)c([N+](=O)[O-])c1O. The molecule has 0 aliphatic heterocycles. The first-order valence-corrected chi connectivity index (χ1v) is 6.73. The number of esters is 1. The Morgan fingerprint density at radius 1 is 1.70 bits per heavy atom. The molecule has 1 unspecified atom stereocenters. The van der Waals surface area contributed by atoms with Crippen LogP contribution in [0.4, 0.5) is 5.69 Å². The molecule has 0 saturated heterocycles. The predicted molar refractivity (Wildman–Crippen MR) is 75.8 cm³/mol. The summed E-state index contributed by atoms with van der Waals surface area (Å²) in [5, 5.41) is 20.5. The zero-order chi connectivity index (χ0) is 15.4. The van der Waals surface area contributed by atoms with Gasteiger partial charge in [0.15, 0.2) is 5.75 Å². The summed E-state index contributed by atoms with van der Waals surface area (Å²) in [6, 6.07) is 0.345. The molecule has 1 atom stereocenters. The molecule has 0 amide bonds. The third kappa shape index (κ3) is 3.59. The van der Waals surface area contributed by atoms with E-state index in [2.05, 4.69) is 15.9 Å². The van der Waals surface area contributed by atoms with Crippen molar-refractivity contribution in [1.29, 1.82) is 0 Å². The minimum Gasteiger partial charge on any atom is -0.502 e. The number of hydrogen-bond acceptors (Lipinski definition) is 6. The molecule has 1 aromatic rings. The summed E-state index contributed by atoms with van der Waals surface area (Å²) in [4.78, 5) is 21.5. The number of carbonyl (C=O) groups excluding carboxylic acids is 1. The summed E-state index contributed by atoms with van der Waals surface area (Å²) in [5.41, 5.74) is 5.12. The van der Waals surface area contributed by atoms with Crippen LogP contribution >= 0.6 is 27.5 Å². The van der Waals surface area contributed by atoms with E-state index in [0.717, 1.165) is 0 Å². The molecule has 0 aliphatic rings. The molecule has 0 spiro atoms. The molecular weight excluding hydrogens is 355 g/mol. The Kier molecular flexibility index (Phi) is 5.73. The number of nitrogens with zero attached hydrogens (tertiary/aromatic N) is 1. The summed E-state index contributed by atoms with van der Waals surface area (Å²) in [7, 11) is 0. The first kappa shape index (κ1) is 16.7. The molecule has 1 rings (SSSR count). The van der Waals surface area contributed by atoms with Crippen LogP contribution in [0, 0.1) is 10.1 Å². The maximum Gasteiger partial charge on any atom is 0.330 e. The van der Waals surface area contributed by atoms with Crippen molar-refractivity contribution in [3.63, 3.8) is 0 Å². The van der Waals surface area contributed by atoms with Crippen LogP contribution in [-0.4, -0.2) is 28.6 Å². The van der Waals surface area contributed by atoms with E-state index in [0.29, 0.717) is 0 Å². The third-order valence-corrected chi connectivity index (χ3v) is 3.70. The van der Waals surface area contributed by atoms with E-state index < -0.39 is 28.4 Å². The molecule has 1 aromatic carbocycles. The second kappa shape index (κ2) is 6.87. The minimum atomic E-state index is -1.03. The van der Waals surface area contributed by atoms with Crippen LogP contribution in [0.5, 0.6) is 5.75 Å². The Labute approximate surface area is 127 Å². The van der Waals surface area contributed by atoms with Crippen LogP contribution in [0.25, 0.3) is 0 Å². The lowest BCUT2D eigenvalue weighted by Crippen LogP contribution is -2.34. The van der Waals surface area contributed by atoms with Gasteiger partial charge in [0, 0.05) is 16.5 Å². The molecule has 110 valence electrons. The highest BCUT2D eigenvalue weighted by Gasteiger charge is 2.27. The predicted octanol–water partition coefficient (Wildman–Crippen LogP) is 2.15. The Morgan fingerprint density at radius 3 is 2.80 bits per heavy atom. The van der Waals surface area contributed by atoms with Crippen molar-refractivity contribution in [1.82, 2.24) is 0 Å². The van der Waals surface area contributed by atoms with E-state index in [1.165, 1.54) is 6.07 Å². The fourth-order valence-corrected chi connectivity index (χ4v) is 2.22.